The maximum atomic E-state index is 13.6. The highest BCUT2D eigenvalue weighted by molar-refractivity contribution is 5.82. The van der Waals surface area contributed by atoms with E-state index < -0.39 is 47.2 Å². The molecule has 0 spiro atoms. The molecule has 1 heterocycles. The minimum absolute atomic E-state index is 0.0547. The minimum atomic E-state index is -1.59. The topological polar surface area (TPSA) is 55.8 Å². The first-order valence-corrected chi connectivity index (χ1v) is 8.37. The lowest BCUT2D eigenvalue weighted by Crippen LogP contribution is -2.45. The van der Waals surface area contributed by atoms with Crippen LogP contribution in [0, 0.1) is 17.5 Å². The Labute approximate surface area is 150 Å². The SMILES string of the molecule is CCOC(=O)[C@H]1CC[C@@H](c2cc(F)c(F)c(F)c2)N1C(=O)OC(C)(C)C. The summed E-state index contributed by atoms with van der Waals surface area (Å²) in [6.07, 6.45) is -0.306. The van der Waals surface area contributed by atoms with E-state index in [0.717, 1.165) is 17.0 Å². The van der Waals surface area contributed by atoms with Crippen LogP contribution in [0.2, 0.25) is 0 Å². The first kappa shape index (κ1) is 20.1. The average molecular weight is 373 g/mol. The van der Waals surface area contributed by atoms with Gasteiger partial charge in [0, 0.05) is 0 Å². The summed E-state index contributed by atoms with van der Waals surface area (Å²) < 4.78 is 50.8. The van der Waals surface area contributed by atoms with E-state index in [2.05, 4.69) is 0 Å². The third-order valence-electron chi connectivity index (χ3n) is 3.94. The fourth-order valence-electron chi connectivity index (χ4n) is 2.94. The van der Waals surface area contributed by atoms with Gasteiger partial charge in [-0.15, -0.1) is 0 Å². The number of carbonyl (C=O) groups excluding carboxylic acids is 2. The van der Waals surface area contributed by atoms with Gasteiger partial charge >= 0.3 is 12.1 Å². The number of benzene rings is 1. The van der Waals surface area contributed by atoms with Crippen molar-refractivity contribution in [3.05, 3.63) is 35.1 Å². The molecule has 8 heteroatoms. The quantitative estimate of drug-likeness (QED) is 0.591. The fourth-order valence-corrected chi connectivity index (χ4v) is 2.94. The van der Waals surface area contributed by atoms with Crippen LogP contribution in [-0.2, 0) is 14.3 Å². The molecule has 1 saturated heterocycles. The maximum Gasteiger partial charge on any atom is 0.411 e. The molecule has 1 aromatic rings. The van der Waals surface area contributed by atoms with Crippen LogP contribution >= 0.6 is 0 Å². The molecule has 2 atom stereocenters. The Morgan fingerprint density at radius 2 is 1.73 bits per heavy atom. The lowest BCUT2D eigenvalue weighted by molar-refractivity contribution is -0.148. The predicted octanol–water partition coefficient (Wildman–Crippen LogP) is 4.11. The summed E-state index contributed by atoms with van der Waals surface area (Å²) in [6.45, 7) is 6.74. The summed E-state index contributed by atoms with van der Waals surface area (Å²) in [5.41, 5.74) is -0.776. The molecule has 0 unspecified atom stereocenters. The number of carbonyl (C=O) groups is 2. The molecule has 1 aromatic carbocycles. The summed E-state index contributed by atoms with van der Waals surface area (Å²) in [5.74, 6) is -4.92. The van der Waals surface area contributed by atoms with Gasteiger partial charge < -0.3 is 9.47 Å². The van der Waals surface area contributed by atoms with E-state index >= 15 is 0 Å². The van der Waals surface area contributed by atoms with Crippen LogP contribution in [0.25, 0.3) is 0 Å². The second-order valence-corrected chi connectivity index (χ2v) is 7.05. The van der Waals surface area contributed by atoms with Crippen molar-refractivity contribution in [1.82, 2.24) is 4.90 Å². The van der Waals surface area contributed by atoms with Gasteiger partial charge in [-0.05, 0) is 58.2 Å². The van der Waals surface area contributed by atoms with Crippen LogP contribution in [0.1, 0.15) is 52.1 Å². The van der Waals surface area contributed by atoms with Crippen molar-refractivity contribution in [2.45, 2.75) is 58.2 Å². The number of hydrogen-bond donors (Lipinski definition) is 0. The lowest BCUT2D eigenvalue weighted by atomic mass is 10.0. The molecule has 1 aliphatic heterocycles. The zero-order valence-electron chi connectivity index (χ0n) is 15.1. The van der Waals surface area contributed by atoms with E-state index in [1.54, 1.807) is 27.7 Å². The van der Waals surface area contributed by atoms with Crippen molar-refractivity contribution in [1.29, 1.82) is 0 Å². The number of nitrogens with zero attached hydrogens (tertiary/aromatic N) is 1. The van der Waals surface area contributed by atoms with Crippen molar-refractivity contribution in [2.24, 2.45) is 0 Å². The van der Waals surface area contributed by atoms with Crippen LogP contribution in [0.4, 0.5) is 18.0 Å². The number of ether oxygens (including phenoxy) is 2. The molecule has 0 aliphatic carbocycles. The zero-order valence-corrected chi connectivity index (χ0v) is 15.1. The third-order valence-corrected chi connectivity index (χ3v) is 3.94. The van der Waals surface area contributed by atoms with Crippen molar-refractivity contribution in [2.75, 3.05) is 6.61 Å². The van der Waals surface area contributed by atoms with E-state index in [4.69, 9.17) is 9.47 Å². The number of esters is 1. The second kappa shape index (κ2) is 7.55. The highest BCUT2D eigenvalue weighted by Gasteiger charge is 2.44. The number of amides is 1. The molecular formula is C18H22F3NO4. The van der Waals surface area contributed by atoms with Crippen LogP contribution in [-0.4, -0.2) is 35.2 Å². The third kappa shape index (κ3) is 4.28. The van der Waals surface area contributed by atoms with Gasteiger partial charge in [0.2, 0.25) is 0 Å². The van der Waals surface area contributed by atoms with Gasteiger partial charge in [0.15, 0.2) is 17.5 Å². The molecule has 2 rings (SSSR count). The first-order valence-electron chi connectivity index (χ1n) is 8.37. The maximum absolute atomic E-state index is 13.6. The molecule has 0 bridgehead atoms. The zero-order chi connectivity index (χ0) is 19.6. The molecule has 5 nitrogen and oxygen atoms in total. The standard InChI is InChI=1S/C18H22F3NO4/c1-5-25-16(23)14-7-6-13(22(14)17(24)26-18(2,3)4)10-8-11(19)15(21)12(20)9-10/h8-9,13-14H,5-7H2,1-4H3/t13-,14+/m0/s1. The van der Waals surface area contributed by atoms with Crippen LogP contribution < -0.4 is 0 Å². The van der Waals surface area contributed by atoms with E-state index in [9.17, 15) is 22.8 Å². The number of halogens is 3. The Kier molecular flexibility index (Phi) is 5.83. The van der Waals surface area contributed by atoms with Crippen LogP contribution in [0.15, 0.2) is 12.1 Å². The monoisotopic (exact) mass is 373 g/mol. The Balaban J connectivity index is 2.40. The van der Waals surface area contributed by atoms with Gasteiger partial charge in [0.05, 0.1) is 12.6 Å². The van der Waals surface area contributed by atoms with Crippen molar-refractivity contribution >= 4 is 12.1 Å². The van der Waals surface area contributed by atoms with Crippen LogP contribution in [0.3, 0.4) is 0 Å². The molecule has 1 aliphatic rings. The van der Waals surface area contributed by atoms with Gasteiger partial charge in [0.25, 0.3) is 0 Å². The molecule has 144 valence electrons. The minimum Gasteiger partial charge on any atom is -0.464 e. The summed E-state index contributed by atoms with van der Waals surface area (Å²) in [7, 11) is 0. The fraction of sp³-hybridized carbons (Fsp3) is 0.556. The predicted molar refractivity (Wildman–Crippen MR) is 86.8 cm³/mol. The first-order chi connectivity index (χ1) is 12.0. The molecule has 1 amide bonds. The van der Waals surface area contributed by atoms with E-state index in [1.165, 1.54) is 0 Å². The number of hydrogen-bond acceptors (Lipinski definition) is 4. The van der Waals surface area contributed by atoms with Crippen molar-refractivity contribution in [3.63, 3.8) is 0 Å². The lowest BCUT2D eigenvalue weighted by Gasteiger charge is -2.32. The van der Waals surface area contributed by atoms with Gasteiger partial charge in [-0.2, -0.15) is 0 Å². The Hall–Kier alpha value is -2.25. The van der Waals surface area contributed by atoms with Gasteiger partial charge in [0.1, 0.15) is 11.6 Å². The molecular weight excluding hydrogens is 351 g/mol. The number of rotatable bonds is 3. The molecule has 0 N–H and O–H groups in total. The highest BCUT2D eigenvalue weighted by Crippen LogP contribution is 2.38. The average Bonchev–Trinajstić information content (AvgIpc) is 2.96. The second-order valence-electron chi connectivity index (χ2n) is 7.05. The Bertz CT molecular complexity index is 679. The van der Waals surface area contributed by atoms with E-state index in [-0.39, 0.29) is 25.0 Å². The van der Waals surface area contributed by atoms with Crippen LogP contribution in [0.5, 0.6) is 0 Å². The summed E-state index contributed by atoms with van der Waals surface area (Å²) in [6, 6.07) is -0.114. The van der Waals surface area contributed by atoms with E-state index in [1.807, 2.05) is 0 Å². The summed E-state index contributed by atoms with van der Waals surface area (Å²) >= 11 is 0. The van der Waals surface area contributed by atoms with Gasteiger partial charge in [-0.1, -0.05) is 0 Å². The summed E-state index contributed by atoms with van der Waals surface area (Å²) in [5, 5.41) is 0. The molecule has 0 aromatic heterocycles. The van der Waals surface area contributed by atoms with Gasteiger partial charge in [-0.25, -0.2) is 22.8 Å². The summed E-state index contributed by atoms with van der Waals surface area (Å²) in [4.78, 5) is 26.0. The molecule has 1 fully saturated rings. The molecule has 0 radical (unpaired) electrons. The normalized spacial score (nSPS) is 20.2. The van der Waals surface area contributed by atoms with Crippen molar-refractivity contribution in [3.8, 4) is 0 Å². The molecule has 26 heavy (non-hydrogen) atoms. The Morgan fingerprint density at radius 1 is 1.15 bits per heavy atom. The largest absolute Gasteiger partial charge is 0.464 e. The van der Waals surface area contributed by atoms with Gasteiger partial charge in [-0.3, -0.25) is 4.90 Å². The smallest absolute Gasteiger partial charge is 0.411 e. The van der Waals surface area contributed by atoms with Crippen molar-refractivity contribution < 1.29 is 32.2 Å². The molecule has 0 saturated carbocycles. The highest BCUT2D eigenvalue weighted by atomic mass is 19.2. The van der Waals surface area contributed by atoms with E-state index in [0.29, 0.717) is 0 Å². The Morgan fingerprint density at radius 3 is 2.23 bits per heavy atom. The number of likely N-dealkylation sites (tertiary alicyclic amines) is 1.